The van der Waals surface area contributed by atoms with Gasteiger partial charge in [0.2, 0.25) is 0 Å². The number of rotatable bonds is 5. The second-order valence-corrected chi connectivity index (χ2v) is 5.85. The summed E-state index contributed by atoms with van der Waals surface area (Å²) in [6.45, 7) is 9.66. The normalized spacial score (nSPS) is 19.6. The lowest BCUT2D eigenvalue weighted by atomic mass is 10.1. The van der Waals surface area contributed by atoms with Crippen LogP contribution in [0.25, 0.3) is 0 Å². The zero-order valence-corrected chi connectivity index (χ0v) is 13.2. The molecular formula is C16H27N3O. The van der Waals surface area contributed by atoms with E-state index in [-0.39, 0.29) is 6.61 Å². The second kappa shape index (κ2) is 6.55. The summed E-state index contributed by atoms with van der Waals surface area (Å²) in [7, 11) is 2.09. The van der Waals surface area contributed by atoms with Crippen LogP contribution in [0.3, 0.4) is 0 Å². The van der Waals surface area contributed by atoms with Crippen molar-refractivity contribution < 1.29 is 5.11 Å². The highest BCUT2D eigenvalue weighted by Gasteiger charge is 2.25. The van der Waals surface area contributed by atoms with Crippen LogP contribution >= 0.6 is 0 Å². The predicted molar refractivity (Wildman–Crippen MR) is 83.2 cm³/mol. The van der Waals surface area contributed by atoms with Gasteiger partial charge in [-0.2, -0.15) is 0 Å². The SMILES string of the molecule is CCN1CCCC1CN(C)c1nc(C)cc(C)c1CO. The fraction of sp³-hybridized carbons (Fsp3) is 0.688. The molecule has 0 spiro atoms. The molecule has 0 radical (unpaired) electrons. The summed E-state index contributed by atoms with van der Waals surface area (Å²) in [6.07, 6.45) is 2.55. The third-order valence-corrected chi connectivity index (χ3v) is 4.36. The number of aromatic nitrogens is 1. The molecule has 1 atom stereocenters. The predicted octanol–water partition coefficient (Wildman–Crippen LogP) is 2.11. The van der Waals surface area contributed by atoms with Gasteiger partial charge in [0.1, 0.15) is 5.82 Å². The quantitative estimate of drug-likeness (QED) is 0.895. The highest BCUT2D eigenvalue weighted by molar-refractivity contribution is 5.51. The molecule has 1 aromatic heterocycles. The second-order valence-electron chi connectivity index (χ2n) is 5.85. The molecule has 4 nitrogen and oxygen atoms in total. The Bertz CT molecular complexity index is 461. The van der Waals surface area contributed by atoms with Crippen LogP contribution in [0.1, 0.15) is 36.6 Å². The van der Waals surface area contributed by atoms with Gasteiger partial charge in [-0.1, -0.05) is 6.92 Å². The minimum Gasteiger partial charge on any atom is -0.392 e. The maximum absolute atomic E-state index is 9.62. The van der Waals surface area contributed by atoms with Gasteiger partial charge in [0.15, 0.2) is 0 Å². The number of nitrogens with zero attached hydrogens (tertiary/aromatic N) is 3. The lowest BCUT2D eigenvalue weighted by Crippen LogP contribution is -2.39. The van der Waals surface area contributed by atoms with Crippen LogP contribution in [0.2, 0.25) is 0 Å². The van der Waals surface area contributed by atoms with Crippen molar-refractivity contribution in [2.75, 3.05) is 31.6 Å². The van der Waals surface area contributed by atoms with Crippen molar-refractivity contribution in [3.05, 3.63) is 22.9 Å². The van der Waals surface area contributed by atoms with Crippen molar-refractivity contribution >= 4 is 5.82 Å². The smallest absolute Gasteiger partial charge is 0.134 e. The molecule has 0 aliphatic carbocycles. The van der Waals surface area contributed by atoms with Crippen molar-refractivity contribution in [2.24, 2.45) is 0 Å². The lowest BCUT2D eigenvalue weighted by molar-refractivity contribution is 0.268. The molecule has 1 fully saturated rings. The Morgan fingerprint density at radius 2 is 2.20 bits per heavy atom. The number of aliphatic hydroxyl groups is 1. The Balaban J connectivity index is 2.18. The summed E-state index contributed by atoms with van der Waals surface area (Å²) in [4.78, 5) is 9.40. The van der Waals surface area contributed by atoms with Gasteiger partial charge in [0, 0.05) is 30.9 Å². The summed E-state index contributed by atoms with van der Waals surface area (Å²) < 4.78 is 0. The molecule has 1 aliphatic rings. The van der Waals surface area contributed by atoms with Crippen LogP contribution in [0.4, 0.5) is 5.82 Å². The van der Waals surface area contributed by atoms with E-state index in [9.17, 15) is 5.11 Å². The molecule has 0 aromatic carbocycles. The highest BCUT2D eigenvalue weighted by atomic mass is 16.3. The maximum atomic E-state index is 9.62. The van der Waals surface area contributed by atoms with Gasteiger partial charge in [-0.3, -0.25) is 4.90 Å². The molecule has 2 heterocycles. The molecule has 1 unspecified atom stereocenters. The number of pyridine rings is 1. The van der Waals surface area contributed by atoms with Gasteiger partial charge in [-0.15, -0.1) is 0 Å². The van der Waals surface area contributed by atoms with Gasteiger partial charge in [0.05, 0.1) is 6.61 Å². The molecule has 2 rings (SSSR count). The Kier molecular flexibility index (Phi) is 5.00. The van der Waals surface area contributed by atoms with Crippen molar-refractivity contribution in [3.8, 4) is 0 Å². The van der Waals surface area contributed by atoms with E-state index in [0.29, 0.717) is 6.04 Å². The molecule has 4 heteroatoms. The number of hydrogen-bond acceptors (Lipinski definition) is 4. The molecule has 0 saturated carbocycles. The van der Waals surface area contributed by atoms with E-state index in [2.05, 4.69) is 28.8 Å². The Morgan fingerprint density at radius 1 is 1.45 bits per heavy atom. The first-order valence-corrected chi connectivity index (χ1v) is 7.60. The van der Waals surface area contributed by atoms with Crippen LogP contribution in [0.15, 0.2) is 6.07 Å². The molecule has 0 amide bonds. The summed E-state index contributed by atoms with van der Waals surface area (Å²) in [6, 6.07) is 2.65. The molecule has 20 heavy (non-hydrogen) atoms. The summed E-state index contributed by atoms with van der Waals surface area (Å²) in [5.41, 5.74) is 3.10. The van der Waals surface area contributed by atoms with E-state index in [1.165, 1.54) is 19.4 Å². The molecule has 112 valence electrons. The summed E-state index contributed by atoms with van der Waals surface area (Å²) >= 11 is 0. The van der Waals surface area contributed by atoms with Gasteiger partial charge < -0.3 is 10.0 Å². The minimum atomic E-state index is 0.0565. The molecule has 1 saturated heterocycles. The van der Waals surface area contributed by atoms with Crippen LogP contribution in [-0.2, 0) is 6.61 Å². The van der Waals surface area contributed by atoms with E-state index in [0.717, 1.165) is 35.7 Å². The van der Waals surface area contributed by atoms with Crippen LogP contribution in [0, 0.1) is 13.8 Å². The monoisotopic (exact) mass is 277 g/mol. The van der Waals surface area contributed by atoms with Gasteiger partial charge in [0.25, 0.3) is 0 Å². The fourth-order valence-electron chi connectivity index (χ4n) is 3.28. The maximum Gasteiger partial charge on any atom is 0.134 e. The van der Waals surface area contributed by atoms with Crippen molar-refractivity contribution in [1.29, 1.82) is 0 Å². The number of likely N-dealkylation sites (tertiary alicyclic amines) is 1. The Hall–Kier alpha value is -1.13. The van der Waals surface area contributed by atoms with E-state index in [1.54, 1.807) is 0 Å². The minimum absolute atomic E-state index is 0.0565. The van der Waals surface area contributed by atoms with Gasteiger partial charge in [-0.05, 0) is 51.4 Å². The molecule has 1 N–H and O–H groups in total. The average molecular weight is 277 g/mol. The third-order valence-electron chi connectivity index (χ3n) is 4.36. The van der Waals surface area contributed by atoms with Crippen LogP contribution < -0.4 is 4.90 Å². The molecular weight excluding hydrogens is 250 g/mol. The Morgan fingerprint density at radius 3 is 2.85 bits per heavy atom. The van der Waals surface area contributed by atoms with E-state index < -0.39 is 0 Å². The molecule has 1 aromatic rings. The standard InChI is InChI=1S/C16H27N3O/c1-5-19-8-6-7-14(19)10-18(4)16-15(11-20)12(2)9-13(3)17-16/h9,14,20H,5-8,10-11H2,1-4H3. The number of anilines is 1. The average Bonchev–Trinajstić information content (AvgIpc) is 2.85. The zero-order chi connectivity index (χ0) is 14.7. The number of aryl methyl sites for hydroxylation is 2. The van der Waals surface area contributed by atoms with Crippen LogP contribution in [-0.4, -0.2) is 47.7 Å². The number of likely N-dealkylation sites (N-methyl/N-ethyl adjacent to an activating group) is 2. The largest absolute Gasteiger partial charge is 0.392 e. The first-order valence-electron chi connectivity index (χ1n) is 7.60. The fourth-order valence-corrected chi connectivity index (χ4v) is 3.28. The third kappa shape index (κ3) is 3.13. The lowest BCUT2D eigenvalue weighted by Gasteiger charge is -2.29. The first kappa shape index (κ1) is 15.3. The Labute approximate surface area is 122 Å². The van der Waals surface area contributed by atoms with Crippen molar-refractivity contribution in [1.82, 2.24) is 9.88 Å². The van der Waals surface area contributed by atoms with Crippen molar-refractivity contribution in [3.63, 3.8) is 0 Å². The van der Waals surface area contributed by atoms with Gasteiger partial charge in [-0.25, -0.2) is 4.98 Å². The number of hydrogen-bond donors (Lipinski definition) is 1. The van der Waals surface area contributed by atoms with E-state index >= 15 is 0 Å². The van der Waals surface area contributed by atoms with E-state index in [1.807, 2.05) is 19.9 Å². The van der Waals surface area contributed by atoms with Crippen LogP contribution in [0.5, 0.6) is 0 Å². The van der Waals surface area contributed by atoms with E-state index in [4.69, 9.17) is 0 Å². The molecule has 1 aliphatic heterocycles. The number of aliphatic hydroxyl groups excluding tert-OH is 1. The summed E-state index contributed by atoms with van der Waals surface area (Å²) in [5.74, 6) is 0.938. The van der Waals surface area contributed by atoms with Gasteiger partial charge >= 0.3 is 0 Å². The zero-order valence-electron chi connectivity index (χ0n) is 13.2. The van der Waals surface area contributed by atoms with Crippen molar-refractivity contribution in [2.45, 2.75) is 46.3 Å². The highest BCUT2D eigenvalue weighted by Crippen LogP contribution is 2.24. The summed E-state index contributed by atoms with van der Waals surface area (Å²) in [5, 5.41) is 9.62. The molecule has 0 bridgehead atoms. The topological polar surface area (TPSA) is 39.6 Å². The first-order chi connectivity index (χ1) is 9.56.